The third-order valence-corrected chi connectivity index (χ3v) is 4.83. The molecule has 1 aromatic carbocycles. The average molecular weight is 307 g/mol. The molecule has 0 fully saturated rings. The molecule has 0 atom stereocenters. The standard InChI is InChI=1S/C15H21N3O2S/c1-11-12(9-16-18-11)10-17-21(19,20)14-7-5-13(6-8-14)15(2,3)4/h5-9,17H,10H2,1-4H3,(H,16,18). The SMILES string of the molecule is Cc1[nH]ncc1CNS(=O)(=O)c1ccc(C(C)(C)C)cc1. The molecule has 0 bridgehead atoms. The third kappa shape index (κ3) is 3.71. The summed E-state index contributed by atoms with van der Waals surface area (Å²) in [6.07, 6.45) is 1.63. The lowest BCUT2D eigenvalue weighted by Crippen LogP contribution is -2.23. The number of sulfonamides is 1. The Morgan fingerprint density at radius 2 is 1.81 bits per heavy atom. The van der Waals surface area contributed by atoms with Crippen LogP contribution in [0.4, 0.5) is 0 Å². The van der Waals surface area contributed by atoms with Crippen molar-refractivity contribution in [2.24, 2.45) is 0 Å². The van der Waals surface area contributed by atoms with E-state index in [0.29, 0.717) is 0 Å². The zero-order chi connectivity index (χ0) is 15.7. The number of aromatic amines is 1. The number of benzene rings is 1. The molecule has 0 aliphatic heterocycles. The van der Waals surface area contributed by atoms with Crippen LogP contribution in [0.15, 0.2) is 35.4 Å². The van der Waals surface area contributed by atoms with E-state index in [1.165, 1.54) is 0 Å². The third-order valence-electron chi connectivity index (χ3n) is 3.42. The molecule has 0 saturated heterocycles. The van der Waals surface area contributed by atoms with Gasteiger partial charge in [0.25, 0.3) is 0 Å². The molecule has 0 amide bonds. The topological polar surface area (TPSA) is 74.8 Å². The lowest BCUT2D eigenvalue weighted by Gasteiger charge is -2.19. The highest BCUT2D eigenvalue weighted by molar-refractivity contribution is 7.89. The summed E-state index contributed by atoms with van der Waals surface area (Å²) in [7, 11) is -3.51. The number of rotatable bonds is 4. The van der Waals surface area contributed by atoms with Gasteiger partial charge in [0, 0.05) is 17.8 Å². The highest BCUT2D eigenvalue weighted by Gasteiger charge is 2.17. The van der Waals surface area contributed by atoms with Crippen molar-refractivity contribution in [2.75, 3.05) is 0 Å². The Labute approximate surface area is 125 Å². The molecule has 114 valence electrons. The number of nitrogens with one attached hydrogen (secondary N) is 2. The van der Waals surface area contributed by atoms with Crippen LogP contribution >= 0.6 is 0 Å². The molecule has 0 saturated carbocycles. The van der Waals surface area contributed by atoms with Gasteiger partial charge in [-0.05, 0) is 30.0 Å². The zero-order valence-corrected chi connectivity index (χ0v) is 13.6. The first-order valence-corrected chi connectivity index (χ1v) is 8.27. The predicted molar refractivity (Wildman–Crippen MR) is 82.5 cm³/mol. The Bertz CT molecular complexity index is 710. The fourth-order valence-electron chi connectivity index (χ4n) is 1.94. The maximum atomic E-state index is 12.3. The number of aryl methyl sites for hydroxylation is 1. The second kappa shape index (κ2) is 5.61. The van der Waals surface area contributed by atoms with Crippen molar-refractivity contribution in [1.82, 2.24) is 14.9 Å². The monoisotopic (exact) mass is 307 g/mol. The molecule has 0 radical (unpaired) electrons. The van der Waals surface area contributed by atoms with Gasteiger partial charge in [-0.3, -0.25) is 5.10 Å². The molecule has 6 heteroatoms. The Hall–Kier alpha value is -1.66. The lowest BCUT2D eigenvalue weighted by molar-refractivity contribution is 0.578. The van der Waals surface area contributed by atoms with Crippen molar-refractivity contribution in [1.29, 1.82) is 0 Å². The molecule has 2 aromatic rings. The second-order valence-corrected chi connectivity index (χ2v) is 7.89. The van der Waals surface area contributed by atoms with E-state index in [1.54, 1.807) is 18.3 Å². The molecule has 2 rings (SSSR count). The van der Waals surface area contributed by atoms with Gasteiger partial charge in [-0.25, -0.2) is 13.1 Å². The van der Waals surface area contributed by atoms with Crippen molar-refractivity contribution in [3.8, 4) is 0 Å². The van der Waals surface area contributed by atoms with Crippen molar-refractivity contribution in [3.63, 3.8) is 0 Å². The zero-order valence-electron chi connectivity index (χ0n) is 12.8. The van der Waals surface area contributed by atoms with Gasteiger partial charge in [0.05, 0.1) is 11.1 Å². The van der Waals surface area contributed by atoms with Gasteiger partial charge in [0.15, 0.2) is 0 Å². The van der Waals surface area contributed by atoms with Crippen LogP contribution in [0.5, 0.6) is 0 Å². The summed E-state index contributed by atoms with van der Waals surface area (Å²) in [5, 5.41) is 6.66. The summed E-state index contributed by atoms with van der Waals surface area (Å²) in [6, 6.07) is 7.01. The molecule has 1 heterocycles. The predicted octanol–water partition coefficient (Wildman–Crippen LogP) is 2.49. The van der Waals surface area contributed by atoms with Gasteiger partial charge in [-0.2, -0.15) is 5.10 Å². The summed E-state index contributed by atoms with van der Waals surface area (Å²) >= 11 is 0. The molecule has 0 aliphatic rings. The molecule has 0 unspecified atom stereocenters. The molecular weight excluding hydrogens is 286 g/mol. The van der Waals surface area contributed by atoms with E-state index in [1.807, 2.05) is 19.1 Å². The van der Waals surface area contributed by atoms with Gasteiger partial charge in [-0.1, -0.05) is 32.9 Å². The molecule has 0 aliphatic carbocycles. The van der Waals surface area contributed by atoms with Crippen LogP contribution in [0, 0.1) is 6.92 Å². The average Bonchev–Trinajstić information content (AvgIpc) is 2.81. The van der Waals surface area contributed by atoms with E-state index >= 15 is 0 Å². The highest BCUT2D eigenvalue weighted by atomic mass is 32.2. The summed E-state index contributed by atoms with van der Waals surface area (Å²) < 4.78 is 27.1. The number of hydrogen-bond donors (Lipinski definition) is 2. The van der Waals surface area contributed by atoms with Crippen LogP contribution in [0.25, 0.3) is 0 Å². The van der Waals surface area contributed by atoms with Crippen molar-refractivity contribution in [3.05, 3.63) is 47.3 Å². The molecule has 5 nitrogen and oxygen atoms in total. The minimum Gasteiger partial charge on any atom is -0.283 e. The quantitative estimate of drug-likeness (QED) is 0.911. The number of hydrogen-bond acceptors (Lipinski definition) is 3. The van der Waals surface area contributed by atoms with Crippen LogP contribution in [-0.2, 0) is 22.0 Å². The van der Waals surface area contributed by atoms with Crippen molar-refractivity contribution in [2.45, 2.75) is 44.6 Å². The fraction of sp³-hybridized carbons (Fsp3) is 0.400. The van der Waals surface area contributed by atoms with Crippen LogP contribution < -0.4 is 4.72 Å². The summed E-state index contributed by atoms with van der Waals surface area (Å²) in [5.74, 6) is 0. The van der Waals surface area contributed by atoms with Crippen molar-refractivity contribution >= 4 is 10.0 Å². The minimum atomic E-state index is -3.51. The van der Waals surface area contributed by atoms with Crippen molar-refractivity contribution < 1.29 is 8.42 Å². The van der Waals surface area contributed by atoms with E-state index in [0.717, 1.165) is 16.8 Å². The first-order valence-electron chi connectivity index (χ1n) is 6.79. The van der Waals surface area contributed by atoms with Gasteiger partial charge in [-0.15, -0.1) is 0 Å². The van der Waals surface area contributed by atoms with Gasteiger partial charge in [0.2, 0.25) is 10.0 Å². The maximum Gasteiger partial charge on any atom is 0.240 e. The van der Waals surface area contributed by atoms with Crippen LogP contribution in [0.1, 0.15) is 37.6 Å². The largest absolute Gasteiger partial charge is 0.283 e. The lowest BCUT2D eigenvalue weighted by atomic mass is 9.87. The Balaban J connectivity index is 2.14. The van der Waals surface area contributed by atoms with Gasteiger partial charge in [0.1, 0.15) is 0 Å². The first-order chi connectivity index (χ1) is 9.70. The number of nitrogens with zero attached hydrogens (tertiary/aromatic N) is 1. The fourth-order valence-corrected chi connectivity index (χ4v) is 2.95. The van der Waals surface area contributed by atoms with Crippen LogP contribution in [-0.4, -0.2) is 18.6 Å². The molecule has 0 spiro atoms. The second-order valence-electron chi connectivity index (χ2n) is 6.12. The van der Waals surface area contributed by atoms with Gasteiger partial charge >= 0.3 is 0 Å². The van der Waals surface area contributed by atoms with E-state index < -0.39 is 10.0 Å². The summed E-state index contributed by atoms with van der Waals surface area (Å²) in [5.41, 5.74) is 2.81. The van der Waals surface area contributed by atoms with Gasteiger partial charge < -0.3 is 0 Å². The maximum absolute atomic E-state index is 12.3. The van der Waals surface area contributed by atoms with E-state index in [4.69, 9.17) is 0 Å². The Kier molecular flexibility index (Phi) is 4.20. The summed E-state index contributed by atoms with van der Waals surface area (Å²) in [6.45, 7) is 8.36. The van der Waals surface area contributed by atoms with E-state index in [9.17, 15) is 8.42 Å². The minimum absolute atomic E-state index is 0.00360. The van der Waals surface area contributed by atoms with Crippen LogP contribution in [0.3, 0.4) is 0 Å². The molecular formula is C15H21N3O2S. The Morgan fingerprint density at radius 1 is 1.19 bits per heavy atom. The smallest absolute Gasteiger partial charge is 0.240 e. The first kappa shape index (κ1) is 15.7. The Morgan fingerprint density at radius 3 is 2.29 bits per heavy atom. The van der Waals surface area contributed by atoms with E-state index in [2.05, 4.69) is 35.7 Å². The normalized spacial score (nSPS) is 12.6. The number of H-pyrrole nitrogens is 1. The molecule has 2 N–H and O–H groups in total. The van der Waals surface area contributed by atoms with Crippen LogP contribution in [0.2, 0.25) is 0 Å². The highest BCUT2D eigenvalue weighted by Crippen LogP contribution is 2.23. The summed E-state index contributed by atoms with van der Waals surface area (Å²) in [4.78, 5) is 0.275. The number of aromatic nitrogens is 2. The van der Waals surface area contributed by atoms with E-state index in [-0.39, 0.29) is 16.9 Å². The molecule has 1 aromatic heterocycles. The molecule has 21 heavy (non-hydrogen) atoms.